The van der Waals surface area contributed by atoms with Crippen molar-refractivity contribution in [1.29, 1.82) is 0 Å². The van der Waals surface area contributed by atoms with Crippen LogP contribution < -0.4 is 4.74 Å². The summed E-state index contributed by atoms with van der Waals surface area (Å²) in [6, 6.07) is 11.1. The first-order valence-electron chi connectivity index (χ1n) is 15.1. The second-order valence-electron chi connectivity index (χ2n) is 12.0. The Hall–Kier alpha value is -4.94. The Bertz CT molecular complexity index is 2110. The summed E-state index contributed by atoms with van der Waals surface area (Å²) in [7, 11) is 1.75. The molecule has 0 spiro atoms. The lowest BCUT2D eigenvalue weighted by molar-refractivity contribution is -0.129. The van der Waals surface area contributed by atoms with Crippen molar-refractivity contribution in [2.45, 2.75) is 45.6 Å². The summed E-state index contributed by atoms with van der Waals surface area (Å²) in [6.45, 7) is 8.12. The highest BCUT2D eigenvalue weighted by Crippen LogP contribution is 2.47. The van der Waals surface area contributed by atoms with E-state index in [2.05, 4.69) is 6.58 Å². The van der Waals surface area contributed by atoms with Gasteiger partial charge in [-0.25, -0.2) is 13.8 Å². The van der Waals surface area contributed by atoms with E-state index >= 15 is 4.39 Å². The Morgan fingerprint density at radius 2 is 1.98 bits per heavy atom. The molecule has 47 heavy (non-hydrogen) atoms. The molecule has 5 heterocycles. The number of rotatable bonds is 7. The molecule has 0 aliphatic carbocycles. The number of amides is 2. The van der Waals surface area contributed by atoms with E-state index in [1.807, 2.05) is 47.3 Å². The number of nitrogens with zero attached hydrogens (tertiary/aromatic N) is 5. The van der Waals surface area contributed by atoms with Crippen molar-refractivity contribution >= 4 is 33.2 Å². The summed E-state index contributed by atoms with van der Waals surface area (Å²) >= 11 is 1.36. The van der Waals surface area contributed by atoms with Gasteiger partial charge in [-0.3, -0.25) is 14.3 Å². The molecule has 2 atom stereocenters. The molecule has 9 nitrogen and oxygen atoms in total. The molecule has 2 aliphatic rings. The number of hydrogen-bond acceptors (Lipinski definition) is 7. The lowest BCUT2D eigenvalue weighted by Gasteiger charge is -2.33. The highest BCUT2D eigenvalue weighted by atomic mass is 32.1. The van der Waals surface area contributed by atoms with Gasteiger partial charge >= 0.3 is 0 Å². The number of thiophene rings is 1. The normalized spacial score (nSPS) is 16.4. The first-order valence-corrected chi connectivity index (χ1v) is 16.0. The summed E-state index contributed by atoms with van der Waals surface area (Å²) in [5, 5.41) is 17.4. The van der Waals surface area contributed by atoms with Crippen molar-refractivity contribution in [1.82, 2.24) is 24.6 Å². The molecule has 1 N–H and O–H groups in total. The van der Waals surface area contributed by atoms with Gasteiger partial charge in [0.15, 0.2) is 0 Å². The zero-order valence-electron chi connectivity index (χ0n) is 26.0. The number of benzene rings is 2. The zero-order chi connectivity index (χ0) is 33.1. The maximum absolute atomic E-state index is 16.0. The van der Waals surface area contributed by atoms with Gasteiger partial charge in [-0.2, -0.15) is 5.10 Å². The molecular weight excluding hydrogens is 624 g/mol. The molecule has 0 fully saturated rings. The first-order chi connectivity index (χ1) is 22.5. The fraction of sp³-hybridized carbons (Fsp3) is 0.257. The maximum Gasteiger partial charge on any atom is 0.254 e. The van der Waals surface area contributed by atoms with E-state index < -0.39 is 17.7 Å². The summed E-state index contributed by atoms with van der Waals surface area (Å²) in [5.41, 5.74) is 4.64. The second-order valence-corrected chi connectivity index (χ2v) is 12.9. The number of carbonyl (C=O) groups excluding carboxylic acids is 2. The summed E-state index contributed by atoms with van der Waals surface area (Å²) < 4.78 is 38.9. The van der Waals surface area contributed by atoms with Crippen LogP contribution in [0.1, 0.15) is 35.5 Å². The lowest BCUT2D eigenvalue weighted by atomic mass is 9.95. The third-order valence-corrected chi connectivity index (χ3v) is 9.52. The predicted molar refractivity (Wildman–Crippen MR) is 175 cm³/mol. The number of aliphatic hydroxyl groups is 1. The van der Waals surface area contributed by atoms with Crippen molar-refractivity contribution in [3.63, 3.8) is 0 Å². The molecule has 0 bridgehead atoms. The maximum atomic E-state index is 16.0. The van der Waals surface area contributed by atoms with Gasteiger partial charge < -0.3 is 19.6 Å². The van der Waals surface area contributed by atoms with Crippen LogP contribution in [0.25, 0.3) is 43.9 Å². The Labute approximate surface area is 273 Å². The molecule has 0 unspecified atom stereocenters. The van der Waals surface area contributed by atoms with E-state index in [-0.39, 0.29) is 42.3 Å². The number of fused-ring (bicyclic) bond motifs is 3. The molecule has 7 rings (SSSR count). The SMILES string of the molecule is C=CC(=O)N1Cc2cc(-c3nc(-c4ccc5c(c4)C(=O)N(C)C5)c4ccsc4c3-c3c(F)cc(F)cc3OC[C@@H](C)O)nn2C[C@H]1C. The minimum absolute atomic E-state index is 0.0119. The van der Waals surface area contributed by atoms with Gasteiger partial charge in [0.25, 0.3) is 5.91 Å². The van der Waals surface area contributed by atoms with Gasteiger partial charge in [-0.05, 0) is 49.1 Å². The summed E-state index contributed by atoms with van der Waals surface area (Å²) in [4.78, 5) is 34.0. The van der Waals surface area contributed by atoms with Gasteiger partial charge in [0.1, 0.15) is 35.4 Å². The van der Waals surface area contributed by atoms with Crippen molar-refractivity contribution in [3.05, 3.63) is 89.0 Å². The molecular formula is C35H31F2N5O4S. The molecule has 2 amide bonds. The highest BCUT2D eigenvalue weighted by molar-refractivity contribution is 7.18. The highest BCUT2D eigenvalue weighted by Gasteiger charge is 2.31. The van der Waals surface area contributed by atoms with Crippen molar-refractivity contribution in [3.8, 4) is 39.5 Å². The number of ether oxygens (including phenoxy) is 1. The molecule has 0 saturated heterocycles. The average molecular weight is 656 g/mol. The van der Waals surface area contributed by atoms with Crippen LogP contribution in [-0.4, -0.2) is 67.3 Å². The molecule has 12 heteroatoms. The molecule has 5 aromatic rings. The quantitative estimate of drug-likeness (QED) is 0.215. The van der Waals surface area contributed by atoms with Crippen LogP contribution in [0.3, 0.4) is 0 Å². The Morgan fingerprint density at radius 3 is 2.74 bits per heavy atom. The number of aliphatic hydroxyl groups excluding tert-OH is 1. The van der Waals surface area contributed by atoms with Gasteiger partial charge in [-0.15, -0.1) is 11.3 Å². The molecule has 0 saturated carbocycles. The standard InChI is InChI=1S/C35H31F2N5O4S/c1-5-29(44)41-16-23-13-27(39-42(23)14-18(41)2)33-31(30-26(37)11-22(36)12-28(30)46-17-19(3)43)34-24(8-9-47-34)32(38-33)20-6-7-21-15-40(4)35(45)25(21)10-20/h5-13,18-19,43H,1,14-17H2,2-4H3/t18-,19-/m1/s1. The van der Waals surface area contributed by atoms with E-state index in [0.29, 0.717) is 56.9 Å². The van der Waals surface area contributed by atoms with Crippen LogP contribution in [0.2, 0.25) is 0 Å². The average Bonchev–Trinajstić information content (AvgIpc) is 3.76. The molecule has 3 aromatic heterocycles. The summed E-state index contributed by atoms with van der Waals surface area (Å²) in [5.74, 6) is -2.05. The van der Waals surface area contributed by atoms with Crippen LogP contribution in [0.4, 0.5) is 8.78 Å². The fourth-order valence-corrected chi connectivity index (χ4v) is 7.27. The van der Waals surface area contributed by atoms with E-state index in [9.17, 15) is 19.1 Å². The van der Waals surface area contributed by atoms with Crippen LogP contribution >= 0.6 is 11.3 Å². The fourth-order valence-electron chi connectivity index (χ4n) is 6.32. The van der Waals surface area contributed by atoms with Crippen molar-refractivity contribution < 1.29 is 28.2 Å². The summed E-state index contributed by atoms with van der Waals surface area (Å²) in [6.07, 6.45) is 0.395. The van der Waals surface area contributed by atoms with E-state index in [4.69, 9.17) is 14.8 Å². The molecule has 2 aliphatic heterocycles. The van der Waals surface area contributed by atoms with Gasteiger partial charge in [0.05, 0.1) is 36.1 Å². The zero-order valence-corrected chi connectivity index (χ0v) is 26.8. The van der Waals surface area contributed by atoms with E-state index in [0.717, 1.165) is 23.4 Å². The third-order valence-electron chi connectivity index (χ3n) is 8.59. The van der Waals surface area contributed by atoms with Crippen molar-refractivity contribution in [2.75, 3.05) is 13.7 Å². The molecule has 240 valence electrons. The van der Waals surface area contributed by atoms with Crippen LogP contribution in [-0.2, 0) is 24.4 Å². The topological polar surface area (TPSA) is 101 Å². The lowest BCUT2D eigenvalue weighted by Crippen LogP contribution is -2.44. The number of aromatic nitrogens is 3. The second kappa shape index (κ2) is 11.7. The predicted octanol–water partition coefficient (Wildman–Crippen LogP) is 6.03. The van der Waals surface area contributed by atoms with Crippen molar-refractivity contribution in [2.24, 2.45) is 0 Å². The van der Waals surface area contributed by atoms with Crippen LogP contribution in [0, 0.1) is 11.6 Å². The molecule has 0 radical (unpaired) electrons. The minimum atomic E-state index is -0.888. The first kappa shape index (κ1) is 30.7. The molecule has 2 aromatic carbocycles. The minimum Gasteiger partial charge on any atom is -0.490 e. The van der Waals surface area contributed by atoms with E-state index in [1.54, 1.807) is 16.8 Å². The Balaban J connectivity index is 1.49. The van der Waals surface area contributed by atoms with Crippen LogP contribution in [0.5, 0.6) is 5.75 Å². The number of carbonyl (C=O) groups is 2. The number of pyridine rings is 1. The third kappa shape index (κ3) is 5.27. The largest absolute Gasteiger partial charge is 0.490 e. The Morgan fingerprint density at radius 1 is 1.17 bits per heavy atom. The Kier molecular flexibility index (Phi) is 7.64. The van der Waals surface area contributed by atoms with E-state index in [1.165, 1.54) is 24.3 Å². The number of hydrogen-bond donors (Lipinski definition) is 1. The number of halogens is 2. The van der Waals surface area contributed by atoms with Gasteiger partial charge in [0.2, 0.25) is 5.91 Å². The monoisotopic (exact) mass is 655 g/mol. The van der Waals surface area contributed by atoms with Gasteiger partial charge in [-0.1, -0.05) is 18.7 Å². The van der Waals surface area contributed by atoms with Gasteiger partial charge in [0, 0.05) is 58.5 Å². The van der Waals surface area contributed by atoms with Crippen LogP contribution in [0.15, 0.2) is 60.5 Å². The smallest absolute Gasteiger partial charge is 0.254 e.